The molecular formula is C15H14N2O4S. The molecule has 1 unspecified atom stereocenters. The highest BCUT2D eigenvalue weighted by Crippen LogP contribution is 2.36. The quantitative estimate of drug-likeness (QED) is 0.844. The fraction of sp³-hybridized carbons (Fsp3) is 0.333. The van der Waals surface area contributed by atoms with Crippen LogP contribution in [0.25, 0.3) is 0 Å². The maximum absolute atomic E-state index is 11.2. The summed E-state index contributed by atoms with van der Waals surface area (Å²) in [4.78, 5) is 8.38. The average Bonchev–Trinajstić information content (AvgIpc) is 2.81. The zero-order valence-corrected chi connectivity index (χ0v) is 12.5. The van der Waals surface area contributed by atoms with Crippen LogP contribution < -0.4 is 8.37 Å². The van der Waals surface area contributed by atoms with Crippen LogP contribution >= 0.6 is 0 Å². The van der Waals surface area contributed by atoms with Crippen molar-refractivity contribution >= 4 is 10.4 Å². The summed E-state index contributed by atoms with van der Waals surface area (Å²) in [6.07, 6.45) is 5.34. The van der Waals surface area contributed by atoms with E-state index >= 15 is 0 Å². The Balaban J connectivity index is 1.61. The highest BCUT2D eigenvalue weighted by atomic mass is 32.3. The van der Waals surface area contributed by atoms with Crippen LogP contribution in [0.15, 0.2) is 30.5 Å². The van der Waals surface area contributed by atoms with Crippen LogP contribution in [0.3, 0.4) is 0 Å². The Morgan fingerprint density at radius 1 is 1.23 bits per heavy atom. The Labute approximate surface area is 128 Å². The van der Waals surface area contributed by atoms with Crippen molar-refractivity contribution in [2.75, 3.05) is 0 Å². The van der Waals surface area contributed by atoms with E-state index in [1.165, 1.54) is 17.3 Å². The van der Waals surface area contributed by atoms with E-state index in [9.17, 15) is 8.42 Å². The first-order chi connectivity index (χ1) is 10.6. The number of rotatable bonds is 2. The molecule has 1 aliphatic carbocycles. The number of aromatic nitrogens is 2. The molecule has 7 heteroatoms. The summed E-state index contributed by atoms with van der Waals surface area (Å²) in [5.41, 5.74) is 2.71. The summed E-state index contributed by atoms with van der Waals surface area (Å²) in [7, 11) is -4.01. The van der Waals surface area contributed by atoms with Gasteiger partial charge in [0.2, 0.25) is 5.75 Å². The minimum absolute atomic E-state index is 0.0194. The van der Waals surface area contributed by atoms with Crippen LogP contribution in [0.1, 0.15) is 35.7 Å². The summed E-state index contributed by atoms with van der Waals surface area (Å²) in [5.74, 6) is 0.949. The number of benzene rings is 1. The topological polar surface area (TPSA) is 78.4 Å². The third-order valence-corrected chi connectivity index (χ3v) is 4.81. The fourth-order valence-electron chi connectivity index (χ4n) is 3.12. The molecule has 0 bridgehead atoms. The number of hydrogen-bond acceptors (Lipinski definition) is 6. The Kier molecular flexibility index (Phi) is 3.04. The minimum Gasteiger partial charge on any atom is -0.345 e. The van der Waals surface area contributed by atoms with Gasteiger partial charge in [0.15, 0.2) is 0 Å². The van der Waals surface area contributed by atoms with E-state index in [1.54, 1.807) is 0 Å². The van der Waals surface area contributed by atoms with E-state index in [1.807, 2.05) is 6.07 Å². The first kappa shape index (κ1) is 13.5. The normalized spacial score (nSPS) is 21.4. The largest absolute Gasteiger partial charge is 0.502 e. The van der Waals surface area contributed by atoms with Crippen LogP contribution in [-0.4, -0.2) is 18.4 Å². The molecule has 1 atom stereocenters. The lowest BCUT2D eigenvalue weighted by molar-refractivity contribution is 0.433. The molecule has 0 fully saturated rings. The molecule has 0 radical (unpaired) electrons. The van der Waals surface area contributed by atoms with Gasteiger partial charge in [-0.2, -0.15) is 4.98 Å². The number of fused-ring (bicyclic) bond motifs is 2. The van der Waals surface area contributed by atoms with Gasteiger partial charge in [0, 0.05) is 6.42 Å². The van der Waals surface area contributed by atoms with Crippen molar-refractivity contribution in [2.24, 2.45) is 0 Å². The maximum atomic E-state index is 11.2. The molecule has 1 aromatic carbocycles. The summed E-state index contributed by atoms with van der Waals surface area (Å²) in [6.45, 7) is 0. The monoisotopic (exact) mass is 318 g/mol. The lowest BCUT2D eigenvalue weighted by atomic mass is 9.81. The third-order valence-electron chi connectivity index (χ3n) is 4.07. The molecular weight excluding hydrogens is 304 g/mol. The first-order valence-corrected chi connectivity index (χ1v) is 8.52. The van der Waals surface area contributed by atoms with Crippen molar-refractivity contribution in [1.82, 2.24) is 9.97 Å². The lowest BCUT2D eigenvalue weighted by Gasteiger charge is -2.24. The van der Waals surface area contributed by atoms with Gasteiger partial charge in [-0.25, -0.2) is 4.98 Å². The predicted molar refractivity (Wildman–Crippen MR) is 78.0 cm³/mol. The van der Waals surface area contributed by atoms with Crippen molar-refractivity contribution < 1.29 is 16.8 Å². The number of aryl methyl sites for hydroxylation is 1. The SMILES string of the molecule is O=S1(=O)Oc2cnc(CC3CCCc4ccccc43)nc2O1. The molecule has 4 rings (SSSR count). The summed E-state index contributed by atoms with van der Waals surface area (Å²) < 4.78 is 31.8. The third kappa shape index (κ3) is 2.41. The molecule has 2 aliphatic rings. The second-order valence-electron chi connectivity index (χ2n) is 5.52. The van der Waals surface area contributed by atoms with Crippen LogP contribution in [0, 0.1) is 0 Å². The van der Waals surface area contributed by atoms with Gasteiger partial charge >= 0.3 is 10.4 Å². The van der Waals surface area contributed by atoms with Crippen molar-refractivity contribution in [2.45, 2.75) is 31.6 Å². The van der Waals surface area contributed by atoms with Gasteiger partial charge in [0.25, 0.3) is 5.88 Å². The molecule has 6 nitrogen and oxygen atoms in total. The highest BCUT2D eigenvalue weighted by Gasteiger charge is 2.31. The molecule has 1 aliphatic heterocycles. The molecule has 0 saturated heterocycles. The van der Waals surface area contributed by atoms with Crippen molar-refractivity contribution in [1.29, 1.82) is 0 Å². The number of nitrogens with zero attached hydrogens (tertiary/aromatic N) is 2. The Morgan fingerprint density at radius 2 is 2.09 bits per heavy atom. The molecule has 0 N–H and O–H groups in total. The smallest absolute Gasteiger partial charge is 0.345 e. The standard InChI is InChI=1S/C15H14N2O4S/c18-22(19)20-13-9-16-14(17-15(13)21-22)8-11-6-3-5-10-4-1-2-7-12(10)11/h1-2,4,7,9,11H,3,5-6,8H2. The number of hydrogen-bond donors (Lipinski definition) is 0. The van der Waals surface area contributed by atoms with E-state index in [2.05, 4.69) is 32.4 Å². The summed E-state index contributed by atoms with van der Waals surface area (Å²) in [5, 5.41) is 0. The van der Waals surface area contributed by atoms with E-state index in [4.69, 9.17) is 4.18 Å². The van der Waals surface area contributed by atoms with Gasteiger partial charge < -0.3 is 8.37 Å². The van der Waals surface area contributed by atoms with Crippen molar-refractivity contribution in [3.05, 3.63) is 47.4 Å². The van der Waals surface area contributed by atoms with E-state index < -0.39 is 10.4 Å². The van der Waals surface area contributed by atoms with Crippen LogP contribution in [0.2, 0.25) is 0 Å². The molecule has 114 valence electrons. The zero-order valence-electron chi connectivity index (χ0n) is 11.7. The molecule has 0 amide bonds. The van der Waals surface area contributed by atoms with E-state index in [0.717, 1.165) is 19.3 Å². The molecule has 2 heterocycles. The molecule has 22 heavy (non-hydrogen) atoms. The lowest BCUT2D eigenvalue weighted by Crippen LogP contribution is -2.13. The van der Waals surface area contributed by atoms with Crippen LogP contribution in [-0.2, 0) is 23.2 Å². The second-order valence-corrected chi connectivity index (χ2v) is 6.67. The van der Waals surface area contributed by atoms with Crippen LogP contribution in [0.5, 0.6) is 11.6 Å². The molecule has 2 aromatic rings. The van der Waals surface area contributed by atoms with Crippen molar-refractivity contribution in [3.63, 3.8) is 0 Å². The fourth-order valence-corrected chi connectivity index (χ4v) is 3.80. The second kappa shape index (κ2) is 4.95. The summed E-state index contributed by atoms with van der Waals surface area (Å²) in [6, 6.07) is 8.42. The van der Waals surface area contributed by atoms with Crippen molar-refractivity contribution in [3.8, 4) is 11.6 Å². The van der Waals surface area contributed by atoms with Gasteiger partial charge in [-0.15, -0.1) is 8.42 Å². The van der Waals surface area contributed by atoms with E-state index in [0.29, 0.717) is 18.2 Å². The predicted octanol–water partition coefficient (Wildman–Crippen LogP) is 2.16. The zero-order chi connectivity index (χ0) is 15.2. The highest BCUT2D eigenvalue weighted by molar-refractivity contribution is 7.82. The Hall–Kier alpha value is -2.15. The van der Waals surface area contributed by atoms with Crippen LogP contribution in [0.4, 0.5) is 0 Å². The Morgan fingerprint density at radius 3 is 3.00 bits per heavy atom. The molecule has 0 spiro atoms. The van der Waals surface area contributed by atoms with Gasteiger partial charge in [0.1, 0.15) is 5.82 Å². The molecule has 0 saturated carbocycles. The molecule has 1 aromatic heterocycles. The van der Waals surface area contributed by atoms with Gasteiger partial charge in [0.05, 0.1) is 6.20 Å². The summed E-state index contributed by atoms with van der Waals surface area (Å²) >= 11 is 0. The van der Waals surface area contributed by atoms with E-state index in [-0.39, 0.29) is 11.6 Å². The van der Waals surface area contributed by atoms with Gasteiger partial charge in [-0.1, -0.05) is 24.3 Å². The van der Waals surface area contributed by atoms with Gasteiger partial charge in [-0.3, -0.25) is 0 Å². The first-order valence-electron chi connectivity index (χ1n) is 7.18. The Bertz CT molecular complexity index is 835. The van der Waals surface area contributed by atoms with Gasteiger partial charge in [-0.05, 0) is 36.3 Å². The average molecular weight is 318 g/mol. The minimum atomic E-state index is -4.01. The maximum Gasteiger partial charge on any atom is 0.502 e.